The minimum absolute atomic E-state index is 0.0433. The van der Waals surface area contributed by atoms with Crippen molar-refractivity contribution >= 4 is 27.9 Å². The van der Waals surface area contributed by atoms with E-state index in [1.54, 1.807) is 32.9 Å². The molecule has 0 saturated heterocycles. The highest BCUT2D eigenvalue weighted by molar-refractivity contribution is 9.10. The maximum atomic E-state index is 11.8. The van der Waals surface area contributed by atoms with Gasteiger partial charge in [0.2, 0.25) is 0 Å². The summed E-state index contributed by atoms with van der Waals surface area (Å²) >= 11 is 3.11. The standard InChI is InChI=1S/C12H13BrO4.C2H6/c1-12(2,3)17-11(16)7-5-4-6-8(13)9(7)10(14)15;1-2/h4-6H,1-3H3,(H,14,15);1-2H3. The van der Waals surface area contributed by atoms with E-state index in [0.717, 1.165) is 0 Å². The second-order valence-electron chi connectivity index (χ2n) is 4.47. The van der Waals surface area contributed by atoms with E-state index in [2.05, 4.69) is 15.9 Å². The van der Waals surface area contributed by atoms with Crippen molar-refractivity contribution < 1.29 is 19.4 Å². The van der Waals surface area contributed by atoms with Crippen molar-refractivity contribution in [3.05, 3.63) is 33.8 Å². The SMILES string of the molecule is CC.CC(C)(C)OC(=O)c1cccc(Br)c1C(=O)O. The molecule has 0 spiro atoms. The summed E-state index contributed by atoms with van der Waals surface area (Å²) in [5, 5.41) is 9.06. The van der Waals surface area contributed by atoms with Crippen LogP contribution in [-0.2, 0) is 4.74 Å². The number of ether oxygens (including phenoxy) is 1. The van der Waals surface area contributed by atoms with Gasteiger partial charge in [0.1, 0.15) is 5.60 Å². The number of carboxylic acid groups (broad SMARTS) is 1. The van der Waals surface area contributed by atoms with E-state index >= 15 is 0 Å². The third-order valence-electron chi connectivity index (χ3n) is 1.85. The Hall–Kier alpha value is -1.36. The summed E-state index contributed by atoms with van der Waals surface area (Å²) in [6, 6.07) is 4.59. The fourth-order valence-electron chi connectivity index (χ4n) is 1.24. The fourth-order valence-corrected chi connectivity index (χ4v) is 1.78. The van der Waals surface area contributed by atoms with Gasteiger partial charge in [-0.05, 0) is 48.8 Å². The number of halogens is 1. The summed E-state index contributed by atoms with van der Waals surface area (Å²) in [5.74, 6) is -1.81. The van der Waals surface area contributed by atoms with Crippen LogP contribution in [0.25, 0.3) is 0 Å². The van der Waals surface area contributed by atoms with Crippen molar-refractivity contribution in [2.45, 2.75) is 40.2 Å². The van der Waals surface area contributed by atoms with Crippen LogP contribution in [0.5, 0.6) is 0 Å². The Labute approximate surface area is 121 Å². The van der Waals surface area contributed by atoms with Gasteiger partial charge in [0.05, 0.1) is 11.1 Å². The van der Waals surface area contributed by atoms with E-state index in [1.165, 1.54) is 6.07 Å². The van der Waals surface area contributed by atoms with Crippen molar-refractivity contribution in [3.63, 3.8) is 0 Å². The maximum Gasteiger partial charge on any atom is 0.339 e. The topological polar surface area (TPSA) is 63.6 Å². The predicted molar refractivity (Wildman–Crippen MR) is 77.6 cm³/mol. The monoisotopic (exact) mass is 330 g/mol. The van der Waals surface area contributed by atoms with E-state index in [4.69, 9.17) is 9.84 Å². The fraction of sp³-hybridized carbons (Fsp3) is 0.429. The molecule has 0 heterocycles. The van der Waals surface area contributed by atoms with Gasteiger partial charge in [0.15, 0.2) is 0 Å². The predicted octanol–water partition coefficient (Wildman–Crippen LogP) is 4.13. The molecule has 1 aromatic rings. The molecule has 106 valence electrons. The second kappa shape index (κ2) is 7.28. The number of carbonyl (C=O) groups is 2. The van der Waals surface area contributed by atoms with Crippen LogP contribution in [0.15, 0.2) is 22.7 Å². The molecule has 0 aliphatic heterocycles. The molecule has 19 heavy (non-hydrogen) atoms. The zero-order chi connectivity index (χ0) is 15.2. The third-order valence-corrected chi connectivity index (χ3v) is 2.51. The molecule has 0 fully saturated rings. The van der Waals surface area contributed by atoms with E-state index in [0.29, 0.717) is 4.47 Å². The first-order valence-corrected chi connectivity index (χ1v) is 6.77. The molecule has 4 nitrogen and oxygen atoms in total. The van der Waals surface area contributed by atoms with Crippen LogP contribution < -0.4 is 0 Å². The molecule has 0 aliphatic rings. The molecule has 1 N–H and O–H groups in total. The lowest BCUT2D eigenvalue weighted by molar-refractivity contribution is 0.00657. The first-order valence-electron chi connectivity index (χ1n) is 5.97. The normalized spacial score (nSPS) is 10.2. The maximum absolute atomic E-state index is 11.8. The van der Waals surface area contributed by atoms with Gasteiger partial charge in [-0.2, -0.15) is 0 Å². The number of benzene rings is 1. The van der Waals surface area contributed by atoms with Crippen LogP contribution in [-0.4, -0.2) is 22.6 Å². The third kappa shape index (κ3) is 5.42. The number of esters is 1. The lowest BCUT2D eigenvalue weighted by Crippen LogP contribution is -2.25. The molecule has 0 aliphatic carbocycles. The van der Waals surface area contributed by atoms with Gasteiger partial charge in [0.25, 0.3) is 0 Å². The quantitative estimate of drug-likeness (QED) is 0.828. The Kier molecular flexibility index (Phi) is 6.76. The van der Waals surface area contributed by atoms with Crippen molar-refractivity contribution in [1.82, 2.24) is 0 Å². The van der Waals surface area contributed by atoms with Gasteiger partial charge in [-0.15, -0.1) is 0 Å². The minimum atomic E-state index is -1.17. The zero-order valence-corrected chi connectivity index (χ0v) is 13.4. The molecular formula is C14H19BrO4. The Bertz CT molecular complexity index is 461. The second-order valence-corrected chi connectivity index (χ2v) is 5.32. The Balaban J connectivity index is 0.00000154. The average Bonchev–Trinajstić information content (AvgIpc) is 2.28. The van der Waals surface area contributed by atoms with Gasteiger partial charge < -0.3 is 9.84 Å². The van der Waals surface area contributed by atoms with Crippen molar-refractivity contribution in [2.75, 3.05) is 0 Å². The number of carbonyl (C=O) groups excluding carboxylic acids is 1. The number of hydrogen-bond acceptors (Lipinski definition) is 3. The summed E-state index contributed by atoms with van der Waals surface area (Å²) in [6.07, 6.45) is 0. The average molecular weight is 331 g/mol. The molecule has 0 amide bonds. The lowest BCUT2D eigenvalue weighted by Gasteiger charge is -2.20. The van der Waals surface area contributed by atoms with Crippen molar-refractivity contribution in [3.8, 4) is 0 Å². The summed E-state index contributed by atoms with van der Waals surface area (Å²) in [7, 11) is 0. The number of rotatable bonds is 2. The highest BCUT2D eigenvalue weighted by Gasteiger charge is 2.24. The van der Waals surface area contributed by atoms with E-state index in [-0.39, 0.29) is 11.1 Å². The first kappa shape index (κ1) is 17.6. The summed E-state index contributed by atoms with van der Waals surface area (Å²) in [4.78, 5) is 22.9. The highest BCUT2D eigenvalue weighted by atomic mass is 79.9. The Morgan fingerprint density at radius 3 is 2.16 bits per heavy atom. The molecule has 0 bridgehead atoms. The number of aromatic carboxylic acids is 1. The zero-order valence-electron chi connectivity index (χ0n) is 11.8. The van der Waals surface area contributed by atoms with E-state index in [1.807, 2.05) is 13.8 Å². The number of carboxylic acids is 1. The lowest BCUT2D eigenvalue weighted by atomic mass is 10.1. The van der Waals surface area contributed by atoms with Crippen LogP contribution in [0.2, 0.25) is 0 Å². The molecule has 1 aromatic carbocycles. The van der Waals surface area contributed by atoms with Crippen LogP contribution in [0, 0.1) is 0 Å². The molecule has 0 unspecified atom stereocenters. The summed E-state index contributed by atoms with van der Waals surface area (Å²) in [5.41, 5.74) is -0.696. The van der Waals surface area contributed by atoms with Gasteiger partial charge in [-0.3, -0.25) is 0 Å². The Morgan fingerprint density at radius 2 is 1.74 bits per heavy atom. The van der Waals surface area contributed by atoms with Gasteiger partial charge in [0, 0.05) is 4.47 Å². The van der Waals surface area contributed by atoms with Crippen LogP contribution >= 0.6 is 15.9 Å². The van der Waals surface area contributed by atoms with Gasteiger partial charge in [-0.1, -0.05) is 19.9 Å². The van der Waals surface area contributed by atoms with Crippen molar-refractivity contribution in [1.29, 1.82) is 0 Å². The molecule has 0 aromatic heterocycles. The largest absolute Gasteiger partial charge is 0.478 e. The molecule has 0 saturated carbocycles. The molecular weight excluding hydrogens is 312 g/mol. The van der Waals surface area contributed by atoms with Crippen molar-refractivity contribution in [2.24, 2.45) is 0 Å². The van der Waals surface area contributed by atoms with Crippen LogP contribution in [0.4, 0.5) is 0 Å². The minimum Gasteiger partial charge on any atom is -0.478 e. The summed E-state index contributed by atoms with van der Waals surface area (Å²) in [6.45, 7) is 9.18. The van der Waals surface area contributed by atoms with Crippen LogP contribution in [0.1, 0.15) is 55.3 Å². The molecule has 0 radical (unpaired) electrons. The van der Waals surface area contributed by atoms with E-state index in [9.17, 15) is 9.59 Å². The molecule has 5 heteroatoms. The first-order chi connectivity index (χ1) is 8.72. The van der Waals surface area contributed by atoms with Gasteiger partial charge in [-0.25, -0.2) is 9.59 Å². The molecule has 0 atom stereocenters. The summed E-state index contributed by atoms with van der Waals surface area (Å²) < 4.78 is 5.50. The highest BCUT2D eigenvalue weighted by Crippen LogP contribution is 2.23. The smallest absolute Gasteiger partial charge is 0.339 e. The van der Waals surface area contributed by atoms with E-state index < -0.39 is 17.5 Å². The molecule has 1 rings (SSSR count). The number of hydrogen-bond donors (Lipinski definition) is 1. The van der Waals surface area contributed by atoms with Crippen LogP contribution in [0.3, 0.4) is 0 Å². The van der Waals surface area contributed by atoms with Gasteiger partial charge >= 0.3 is 11.9 Å². The Morgan fingerprint density at radius 1 is 1.21 bits per heavy atom.